The van der Waals surface area contributed by atoms with Gasteiger partial charge in [0.15, 0.2) is 0 Å². The van der Waals surface area contributed by atoms with Crippen molar-refractivity contribution in [3.63, 3.8) is 0 Å². The molecular weight excluding hydrogens is 112 g/mol. The molecule has 0 aromatic rings. The van der Waals surface area contributed by atoms with Crippen LogP contribution in [0.5, 0.6) is 0 Å². The van der Waals surface area contributed by atoms with Crippen LogP contribution in [-0.2, 0) is 0 Å². The highest BCUT2D eigenvalue weighted by atomic mass is 15.0. The molecule has 50 valence electrons. The van der Waals surface area contributed by atoms with E-state index in [-0.39, 0.29) is 0 Å². The second-order valence-electron chi connectivity index (χ2n) is 1.50. The summed E-state index contributed by atoms with van der Waals surface area (Å²) in [4.78, 5) is 3.92. The molecule has 0 aliphatic heterocycles. The van der Waals surface area contributed by atoms with Crippen LogP contribution in [0.3, 0.4) is 0 Å². The summed E-state index contributed by atoms with van der Waals surface area (Å²) in [6, 6.07) is 0. The zero-order chi connectivity index (χ0) is 7.11. The molecule has 2 nitrogen and oxygen atoms in total. The first kappa shape index (κ1) is 7.95. The fourth-order valence-corrected chi connectivity index (χ4v) is 0.284. The van der Waals surface area contributed by atoms with Crippen molar-refractivity contribution >= 4 is 6.21 Å². The second-order valence-corrected chi connectivity index (χ2v) is 1.50. The predicted molar refractivity (Wildman–Crippen MR) is 41.5 cm³/mol. The third-order valence-corrected chi connectivity index (χ3v) is 0.797. The number of rotatable bonds is 3. The van der Waals surface area contributed by atoms with E-state index in [4.69, 9.17) is 0 Å². The van der Waals surface area contributed by atoms with Gasteiger partial charge in [0.25, 0.3) is 0 Å². The van der Waals surface area contributed by atoms with Gasteiger partial charge in [-0.05, 0) is 13.0 Å². The molecular formula is C7H12N2. The molecule has 0 aromatic carbocycles. The van der Waals surface area contributed by atoms with E-state index in [1.165, 1.54) is 0 Å². The average Bonchev–Trinajstić information content (AvgIpc) is 1.89. The van der Waals surface area contributed by atoms with Crippen molar-refractivity contribution in [1.82, 2.24) is 5.32 Å². The Kier molecular flexibility index (Phi) is 4.50. The Bertz CT molecular complexity index is 134. The Morgan fingerprint density at radius 2 is 2.33 bits per heavy atom. The Hall–Kier alpha value is -1.05. The molecule has 0 aliphatic rings. The molecule has 2 heteroatoms. The van der Waals surface area contributed by atoms with E-state index >= 15 is 0 Å². The van der Waals surface area contributed by atoms with Crippen LogP contribution in [0.2, 0.25) is 0 Å². The van der Waals surface area contributed by atoms with Crippen molar-refractivity contribution in [3.8, 4) is 0 Å². The van der Waals surface area contributed by atoms with Gasteiger partial charge in [-0.3, -0.25) is 0 Å². The van der Waals surface area contributed by atoms with E-state index in [0.29, 0.717) is 5.82 Å². The number of nitrogens with one attached hydrogen (secondary N) is 1. The molecule has 0 saturated heterocycles. The Morgan fingerprint density at radius 1 is 1.67 bits per heavy atom. The van der Waals surface area contributed by atoms with Crippen molar-refractivity contribution in [2.75, 3.05) is 7.05 Å². The SMILES string of the molecule is C=C(/N=C\C=C/C)NC. The van der Waals surface area contributed by atoms with Gasteiger partial charge in [0.2, 0.25) is 0 Å². The summed E-state index contributed by atoms with van der Waals surface area (Å²) in [7, 11) is 1.79. The molecule has 0 radical (unpaired) electrons. The van der Waals surface area contributed by atoms with E-state index in [1.54, 1.807) is 13.3 Å². The number of allylic oxidation sites excluding steroid dienone is 2. The lowest BCUT2D eigenvalue weighted by molar-refractivity contribution is 0.977. The smallest absolute Gasteiger partial charge is 0.118 e. The van der Waals surface area contributed by atoms with Crippen LogP contribution in [0.25, 0.3) is 0 Å². The van der Waals surface area contributed by atoms with Crippen molar-refractivity contribution in [2.24, 2.45) is 4.99 Å². The maximum absolute atomic E-state index is 3.92. The molecule has 0 spiro atoms. The zero-order valence-corrected chi connectivity index (χ0v) is 5.89. The molecule has 0 bridgehead atoms. The number of hydrogen-bond acceptors (Lipinski definition) is 2. The van der Waals surface area contributed by atoms with Crippen molar-refractivity contribution in [1.29, 1.82) is 0 Å². The first-order valence-electron chi connectivity index (χ1n) is 2.83. The Morgan fingerprint density at radius 3 is 2.78 bits per heavy atom. The normalized spacial score (nSPS) is 10.9. The third-order valence-electron chi connectivity index (χ3n) is 0.797. The van der Waals surface area contributed by atoms with Crippen LogP contribution in [0.4, 0.5) is 0 Å². The summed E-state index contributed by atoms with van der Waals surface area (Å²) in [5, 5.41) is 2.80. The van der Waals surface area contributed by atoms with Gasteiger partial charge in [-0.15, -0.1) is 0 Å². The first-order valence-corrected chi connectivity index (χ1v) is 2.83. The van der Waals surface area contributed by atoms with E-state index in [1.807, 2.05) is 19.1 Å². The highest BCUT2D eigenvalue weighted by Gasteiger charge is 1.74. The van der Waals surface area contributed by atoms with Gasteiger partial charge >= 0.3 is 0 Å². The molecule has 0 aromatic heterocycles. The third kappa shape index (κ3) is 4.81. The van der Waals surface area contributed by atoms with Crippen LogP contribution in [0.1, 0.15) is 6.92 Å². The first-order chi connectivity index (χ1) is 4.31. The number of hydrogen-bond donors (Lipinski definition) is 1. The number of nitrogens with zero attached hydrogens (tertiary/aromatic N) is 1. The summed E-state index contributed by atoms with van der Waals surface area (Å²) < 4.78 is 0. The topological polar surface area (TPSA) is 24.4 Å². The predicted octanol–water partition coefficient (Wildman–Crippen LogP) is 1.32. The lowest BCUT2D eigenvalue weighted by Crippen LogP contribution is -2.00. The van der Waals surface area contributed by atoms with Gasteiger partial charge in [0.1, 0.15) is 5.82 Å². The minimum Gasteiger partial charge on any atom is -0.374 e. The van der Waals surface area contributed by atoms with Crippen molar-refractivity contribution in [2.45, 2.75) is 6.92 Å². The zero-order valence-electron chi connectivity index (χ0n) is 5.89. The van der Waals surface area contributed by atoms with Gasteiger partial charge in [0, 0.05) is 13.3 Å². The van der Waals surface area contributed by atoms with Gasteiger partial charge in [-0.1, -0.05) is 12.7 Å². The van der Waals surface area contributed by atoms with E-state index in [2.05, 4.69) is 16.9 Å². The molecule has 0 heterocycles. The minimum absolute atomic E-state index is 0.674. The fourth-order valence-electron chi connectivity index (χ4n) is 0.284. The standard InChI is InChI=1S/C7H12N2/c1-4-5-6-9-7(2)8-3/h4-6,8H,2H2,1,3H3/b5-4-,9-6-. The Balaban J connectivity index is 3.57. The molecule has 9 heavy (non-hydrogen) atoms. The van der Waals surface area contributed by atoms with E-state index in [9.17, 15) is 0 Å². The van der Waals surface area contributed by atoms with Crippen LogP contribution in [0, 0.1) is 0 Å². The average molecular weight is 124 g/mol. The van der Waals surface area contributed by atoms with Crippen LogP contribution < -0.4 is 5.32 Å². The molecule has 0 atom stereocenters. The van der Waals surface area contributed by atoms with Gasteiger partial charge in [-0.2, -0.15) is 0 Å². The van der Waals surface area contributed by atoms with Gasteiger partial charge in [-0.25, -0.2) is 4.99 Å². The lowest BCUT2D eigenvalue weighted by Gasteiger charge is -1.91. The maximum Gasteiger partial charge on any atom is 0.118 e. The van der Waals surface area contributed by atoms with E-state index in [0.717, 1.165) is 0 Å². The summed E-state index contributed by atoms with van der Waals surface area (Å²) in [5.41, 5.74) is 0. The summed E-state index contributed by atoms with van der Waals surface area (Å²) in [6.07, 6.45) is 5.45. The summed E-state index contributed by atoms with van der Waals surface area (Å²) in [5.74, 6) is 0.674. The quantitative estimate of drug-likeness (QED) is 0.564. The van der Waals surface area contributed by atoms with Gasteiger partial charge in [0.05, 0.1) is 0 Å². The van der Waals surface area contributed by atoms with Crippen molar-refractivity contribution < 1.29 is 0 Å². The second kappa shape index (κ2) is 5.09. The summed E-state index contributed by atoms with van der Waals surface area (Å²) >= 11 is 0. The molecule has 0 saturated carbocycles. The lowest BCUT2D eigenvalue weighted by atomic mass is 10.6. The Labute approximate surface area is 56.0 Å². The molecule has 0 amide bonds. The van der Waals surface area contributed by atoms with Crippen molar-refractivity contribution in [3.05, 3.63) is 24.6 Å². The molecule has 1 N–H and O–H groups in total. The number of aliphatic imine (C=N–C) groups is 1. The largest absolute Gasteiger partial charge is 0.374 e. The van der Waals surface area contributed by atoms with Gasteiger partial charge < -0.3 is 5.32 Å². The highest BCUT2D eigenvalue weighted by Crippen LogP contribution is 1.80. The summed E-state index contributed by atoms with van der Waals surface area (Å²) in [6.45, 7) is 5.54. The molecule has 0 aliphatic carbocycles. The maximum atomic E-state index is 3.92. The molecule has 0 fully saturated rings. The minimum atomic E-state index is 0.674. The monoisotopic (exact) mass is 124 g/mol. The fraction of sp³-hybridized carbons (Fsp3) is 0.286. The molecule has 0 rings (SSSR count). The van der Waals surface area contributed by atoms with Crippen LogP contribution in [-0.4, -0.2) is 13.3 Å². The van der Waals surface area contributed by atoms with Crippen LogP contribution >= 0.6 is 0 Å². The van der Waals surface area contributed by atoms with E-state index < -0.39 is 0 Å². The highest BCUT2D eigenvalue weighted by molar-refractivity contribution is 5.71. The van der Waals surface area contributed by atoms with Crippen LogP contribution in [0.15, 0.2) is 29.5 Å². The molecule has 0 unspecified atom stereocenters.